The molecule has 0 amide bonds. The van der Waals surface area contributed by atoms with Gasteiger partial charge in [0.25, 0.3) is 0 Å². The van der Waals surface area contributed by atoms with Gasteiger partial charge >= 0.3 is 0 Å². The third-order valence-electron chi connectivity index (χ3n) is 3.92. The van der Waals surface area contributed by atoms with Gasteiger partial charge in [0.2, 0.25) is 0 Å². The van der Waals surface area contributed by atoms with Crippen LogP contribution in [0.5, 0.6) is 0 Å². The molecule has 2 rings (SSSR count). The minimum Gasteiger partial charge on any atom is -0.305 e. The summed E-state index contributed by atoms with van der Waals surface area (Å²) >= 11 is 0. The highest BCUT2D eigenvalue weighted by Crippen LogP contribution is 2.24. The first-order valence-electron chi connectivity index (χ1n) is 8.04. The van der Waals surface area contributed by atoms with Gasteiger partial charge in [-0.25, -0.2) is 0 Å². The lowest BCUT2D eigenvalue weighted by Gasteiger charge is -2.20. The molecule has 21 heavy (non-hydrogen) atoms. The van der Waals surface area contributed by atoms with Crippen LogP contribution >= 0.6 is 0 Å². The molecular weight excluding hydrogens is 258 g/mol. The summed E-state index contributed by atoms with van der Waals surface area (Å²) in [6, 6.07) is 11.3. The Kier molecular flexibility index (Phi) is 5.57. The predicted molar refractivity (Wildman–Crippen MR) is 88.5 cm³/mol. The molecule has 0 aliphatic rings. The third kappa shape index (κ3) is 3.73. The maximum atomic E-state index is 4.60. The SMILES string of the molecule is CCCNC(c1cccc(CC)c1)c1cc(CC)nn1C. The molecule has 0 spiro atoms. The lowest BCUT2D eigenvalue weighted by molar-refractivity contribution is 0.552. The molecular formula is C18H27N3. The molecule has 3 nitrogen and oxygen atoms in total. The minimum absolute atomic E-state index is 0.217. The monoisotopic (exact) mass is 285 g/mol. The van der Waals surface area contributed by atoms with E-state index in [1.807, 2.05) is 11.7 Å². The summed E-state index contributed by atoms with van der Waals surface area (Å²) in [6.45, 7) is 7.56. The first kappa shape index (κ1) is 15.8. The van der Waals surface area contributed by atoms with Gasteiger partial charge in [-0.05, 0) is 43.0 Å². The summed E-state index contributed by atoms with van der Waals surface area (Å²) in [6.07, 6.45) is 3.17. The average Bonchev–Trinajstić information content (AvgIpc) is 2.89. The van der Waals surface area contributed by atoms with E-state index in [0.717, 1.165) is 31.5 Å². The standard InChI is InChI=1S/C18H27N3/c1-5-11-19-18(15-10-8-9-14(6-2)12-15)17-13-16(7-3)20-21(17)4/h8-10,12-13,18-19H,5-7,11H2,1-4H3. The Labute approximate surface area is 128 Å². The second-order valence-corrected chi connectivity index (χ2v) is 5.52. The molecule has 0 aliphatic heterocycles. The molecule has 1 atom stereocenters. The van der Waals surface area contributed by atoms with Crippen molar-refractivity contribution in [1.82, 2.24) is 15.1 Å². The smallest absolute Gasteiger partial charge is 0.0748 e. The number of nitrogens with zero attached hydrogens (tertiary/aromatic N) is 2. The second-order valence-electron chi connectivity index (χ2n) is 5.52. The van der Waals surface area contributed by atoms with Crippen molar-refractivity contribution in [2.24, 2.45) is 7.05 Å². The Bertz CT molecular complexity index is 572. The van der Waals surface area contributed by atoms with E-state index in [1.54, 1.807) is 0 Å². The van der Waals surface area contributed by atoms with E-state index in [0.29, 0.717) is 0 Å². The lowest BCUT2D eigenvalue weighted by atomic mass is 9.99. The summed E-state index contributed by atoms with van der Waals surface area (Å²) in [4.78, 5) is 0. The molecule has 0 saturated carbocycles. The summed E-state index contributed by atoms with van der Waals surface area (Å²) in [7, 11) is 2.04. The van der Waals surface area contributed by atoms with E-state index in [9.17, 15) is 0 Å². The fourth-order valence-electron chi connectivity index (χ4n) is 2.66. The first-order valence-corrected chi connectivity index (χ1v) is 8.04. The van der Waals surface area contributed by atoms with Crippen LogP contribution in [0.25, 0.3) is 0 Å². The molecule has 1 heterocycles. The highest BCUT2D eigenvalue weighted by molar-refractivity contribution is 5.32. The van der Waals surface area contributed by atoms with Crippen molar-refractivity contribution in [2.45, 2.75) is 46.1 Å². The van der Waals surface area contributed by atoms with Gasteiger partial charge in [-0.1, -0.05) is 45.0 Å². The van der Waals surface area contributed by atoms with Gasteiger partial charge in [0.15, 0.2) is 0 Å². The molecule has 0 fully saturated rings. The molecule has 1 aromatic carbocycles. The van der Waals surface area contributed by atoms with Crippen LogP contribution in [0.15, 0.2) is 30.3 Å². The summed E-state index contributed by atoms with van der Waals surface area (Å²) in [5.74, 6) is 0. The quantitative estimate of drug-likeness (QED) is 0.842. The third-order valence-corrected chi connectivity index (χ3v) is 3.92. The largest absolute Gasteiger partial charge is 0.305 e. The van der Waals surface area contributed by atoms with E-state index < -0.39 is 0 Å². The molecule has 1 N–H and O–H groups in total. The van der Waals surface area contributed by atoms with Crippen LogP contribution in [0, 0.1) is 0 Å². The van der Waals surface area contributed by atoms with E-state index in [-0.39, 0.29) is 6.04 Å². The fourth-order valence-corrected chi connectivity index (χ4v) is 2.66. The molecule has 1 unspecified atom stereocenters. The number of nitrogens with one attached hydrogen (secondary N) is 1. The van der Waals surface area contributed by atoms with Crippen LogP contribution < -0.4 is 5.32 Å². The van der Waals surface area contributed by atoms with Crippen LogP contribution in [0.4, 0.5) is 0 Å². The molecule has 3 heteroatoms. The summed E-state index contributed by atoms with van der Waals surface area (Å²) < 4.78 is 2.02. The topological polar surface area (TPSA) is 29.9 Å². The van der Waals surface area contributed by atoms with Crippen LogP contribution in [0.1, 0.15) is 55.7 Å². The average molecular weight is 285 g/mol. The van der Waals surface area contributed by atoms with Crippen molar-refractivity contribution in [3.63, 3.8) is 0 Å². The van der Waals surface area contributed by atoms with Crippen molar-refractivity contribution in [3.8, 4) is 0 Å². The Morgan fingerprint density at radius 2 is 1.95 bits per heavy atom. The predicted octanol–water partition coefficient (Wildman–Crippen LogP) is 3.63. The molecule has 2 aromatic rings. The van der Waals surface area contributed by atoms with E-state index >= 15 is 0 Å². The van der Waals surface area contributed by atoms with Crippen LogP contribution in [0.2, 0.25) is 0 Å². The first-order chi connectivity index (χ1) is 10.2. The van der Waals surface area contributed by atoms with Crippen molar-refractivity contribution in [1.29, 1.82) is 0 Å². The van der Waals surface area contributed by atoms with Crippen molar-refractivity contribution in [3.05, 3.63) is 52.8 Å². The zero-order valence-electron chi connectivity index (χ0n) is 13.7. The number of hydrogen-bond donors (Lipinski definition) is 1. The zero-order valence-corrected chi connectivity index (χ0v) is 13.7. The number of aromatic nitrogens is 2. The van der Waals surface area contributed by atoms with Gasteiger partial charge in [0, 0.05) is 7.05 Å². The fraction of sp³-hybridized carbons (Fsp3) is 0.500. The number of hydrogen-bond acceptors (Lipinski definition) is 2. The number of benzene rings is 1. The maximum absolute atomic E-state index is 4.60. The van der Waals surface area contributed by atoms with E-state index in [1.165, 1.54) is 16.8 Å². The normalized spacial score (nSPS) is 12.6. The van der Waals surface area contributed by atoms with Crippen molar-refractivity contribution >= 4 is 0 Å². The molecule has 0 bridgehead atoms. The lowest BCUT2D eigenvalue weighted by Crippen LogP contribution is -2.25. The number of rotatable bonds is 7. The molecule has 0 saturated heterocycles. The molecule has 0 aliphatic carbocycles. The molecule has 114 valence electrons. The second kappa shape index (κ2) is 7.41. The minimum atomic E-state index is 0.217. The highest BCUT2D eigenvalue weighted by atomic mass is 15.3. The van der Waals surface area contributed by atoms with Gasteiger partial charge in [-0.15, -0.1) is 0 Å². The van der Waals surface area contributed by atoms with Gasteiger partial charge in [0.05, 0.1) is 17.4 Å². The molecule has 1 aromatic heterocycles. The Hall–Kier alpha value is -1.61. The van der Waals surface area contributed by atoms with Crippen molar-refractivity contribution in [2.75, 3.05) is 6.54 Å². The highest BCUT2D eigenvalue weighted by Gasteiger charge is 2.18. The maximum Gasteiger partial charge on any atom is 0.0748 e. The van der Waals surface area contributed by atoms with Crippen molar-refractivity contribution < 1.29 is 0 Å². The summed E-state index contributed by atoms with van der Waals surface area (Å²) in [5, 5.41) is 8.27. The van der Waals surface area contributed by atoms with E-state index in [4.69, 9.17) is 0 Å². The Balaban J connectivity index is 2.38. The zero-order chi connectivity index (χ0) is 15.2. The van der Waals surface area contributed by atoms with Gasteiger partial charge < -0.3 is 5.32 Å². The van der Waals surface area contributed by atoms with Gasteiger partial charge in [0.1, 0.15) is 0 Å². The Morgan fingerprint density at radius 1 is 1.14 bits per heavy atom. The summed E-state index contributed by atoms with van der Waals surface area (Å²) in [5.41, 5.74) is 5.11. The number of aryl methyl sites for hydroxylation is 3. The van der Waals surface area contributed by atoms with Crippen LogP contribution in [0.3, 0.4) is 0 Å². The Morgan fingerprint density at radius 3 is 2.57 bits per heavy atom. The molecule has 0 radical (unpaired) electrons. The van der Waals surface area contributed by atoms with Gasteiger partial charge in [-0.3, -0.25) is 4.68 Å². The van der Waals surface area contributed by atoms with Crippen LogP contribution in [-0.4, -0.2) is 16.3 Å². The van der Waals surface area contributed by atoms with Crippen LogP contribution in [-0.2, 0) is 19.9 Å². The van der Waals surface area contributed by atoms with Gasteiger partial charge in [-0.2, -0.15) is 5.10 Å². The van der Waals surface area contributed by atoms with E-state index in [2.05, 4.69) is 61.5 Å².